The molecule has 27 heavy (non-hydrogen) atoms. The lowest BCUT2D eigenvalue weighted by Crippen LogP contribution is -2.29. The van der Waals surface area contributed by atoms with Crippen LogP contribution in [-0.4, -0.2) is 22.2 Å². The first-order chi connectivity index (χ1) is 13.2. The molecule has 0 saturated heterocycles. The van der Waals surface area contributed by atoms with Crippen molar-refractivity contribution in [2.24, 2.45) is 0 Å². The largest absolute Gasteiger partial charge is 0.488 e. The third-order valence-corrected chi connectivity index (χ3v) is 4.57. The molecule has 0 fully saturated rings. The van der Waals surface area contributed by atoms with Crippen molar-refractivity contribution in [3.8, 4) is 33.5 Å². The zero-order valence-corrected chi connectivity index (χ0v) is 14.7. The molecule has 0 radical (unpaired) electrons. The van der Waals surface area contributed by atoms with Crippen LogP contribution in [0.5, 0.6) is 0 Å². The van der Waals surface area contributed by atoms with E-state index in [1.54, 1.807) is 24.4 Å². The maximum atomic E-state index is 9.38. The second-order valence-electron chi connectivity index (χ2n) is 6.37. The third-order valence-electron chi connectivity index (χ3n) is 4.57. The summed E-state index contributed by atoms with van der Waals surface area (Å²) < 4.78 is 0. The first kappa shape index (κ1) is 17.2. The van der Waals surface area contributed by atoms with E-state index in [1.165, 1.54) is 11.1 Å². The van der Waals surface area contributed by atoms with Gasteiger partial charge in [-0.25, -0.2) is 0 Å². The number of aromatic nitrogens is 1. The Labute approximate surface area is 158 Å². The molecule has 0 unspecified atom stereocenters. The third kappa shape index (κ3) is 3.82. The Morgan fingerprint density at radius 1 is 0.556 bits per heavy atom. The zero-order chi connectivity index (χ0) is 18.6. The van der Waals surface area contributed by atoms with E-state index in [0.29, 0.717) is 5.46 Å². The Bertz CT molecular complexity index is 1050. The predicted molar refractivity (Wildman–Crippen MR) is 110 cm³/mol. The average molecular weight is 351 g/mol. The number of nitrogens with zero attached hydrogens (tertiary/aromatic N) is 1. The molecule has 0 atom stereocenters. The molecule has 3 aromatic carbocycles. The minimum Gasteiger partial charge on any atom is -0.423 e. The molecule has 0 aliphatic carbocycles. The smallest absolute Gasteiger partial charge is 0.423 e. The van der Waals surface area contributed by atoms with Gasteiger partial charge in [0.1, 0.15) is 0 Å². The van der Waals surface area contributed by atoms with E-state index in [2.05, 4.69) is 41.4 Å². The van der Waals surface area contributed by atoms with Crippen LogP contribution < -0.4 is 5.46 Å². The lowest BCUT2D eigenvalue weighted by atomic mass is 9.79. The van der Waals surface area contributed by atoms with Crippen molar-refractivity contribution in [1.82, 2.24) is 4.98 Å². The molecule has 4 rings (SSSR count). The summed E-state index contributed by atoms with van der Waals surface area (Å²) in [5.74, 6) is 0. The van der Waals surface area contributed by atoms with E-state index in [-0.39, 0.29) is 0 Å². The van der Waals surface area contributed by atoms with E-state index in [9.17, 15) is 10.0 Å². The fourth-order valence-electron chi connectivity index (χ4n) is 3.11. The van der Waals surface area contributed by atoms with E-state index in [0.717, 1.165) is 22.4 Å². The van der Waals surface area contributed by atoms with Gasteiger partial charge in [0.05, 0.1) is 5.69 Å². The van der Waals surface area contributed by atoms with E-state index in [1.807, 2.05) is 36.4 Å². The molecule has 130 valence electrons. The Morgan fingerprint density at radius 3 is 1.89 bits per heavy atom. The first-order valence-electron chi connectivity index (χ1n) is 8.79. The van der Waals surface area contributed by atoms with Crippen LogP contribution in [0.25, 0.3) is 33.5 Å². The molecule has 1 aromatic heterocycles. The minimum atomic E-state index is -1.49. The molecule has 0 bridgehead atoms. The lowest BCUT2D eigenvalue weighted by molar-refractivity contribution is 0.426. The van der Waals surface area contributed by atoms with Gasteiger partial charge in [-0.2, -0.15) is 0 Å². The van der Waals surface area contributed by atoms with Crippen molar-refractivity contribution >= 4 is 12.6 Å². The predicted octanol–water partition coefficient (Wildman–Crippen LogP) is 3.76. The van der Waals surface area contributed by atoms with Crippen LogP contribution >= 0.6 is 0 Å². The molecule has 4 aromatic rings. The number of pyridine rings is 1. The average Bonchev–Trinajstić information content (AvgIpc) is 2.75. The fourth-order valence-corrected chi connectivity index (χ4v) is 3.11. The molecule has 3 nitrogen and oxygen atoms in total. The van der Waals surface area contributed by atoms with Gasteiger partial charge in [-0.1, -0.05) is 78.9 Å². The van der Waals surface area contributed by atoms with Crippen molar-refractivity contribution in [1.29, 1.82) is 0 Å². The lowest BCUT2D eigenvalue weighted by Gasteiger charge is -2.08. The van der Waals surface area contributed by atoms with Crippen LogP contribution in [0.15, 0.2) is 97.2 Å². The molecule has 0 amide bonds. The van der Waals surface area contributed by atoms with Crippen molar-refractivity contribution in [3.63, 3.8) is 0 Å². The summed E-state index contributed by atoms with van der Waals surface area (Å²) in [6, 6.07) is 29.9. The van der Waals surface area contributed by atoms with Gasteiger partial charge in [0, 0.05) is 6.20 Å². The standard InChI is InChI=1S/C23H18BNO2/c26-24(27)22-8-4-7-21(15-22)23-16-20(13-14-25-23)19-11-9-18(10-12-19)17-5-2-1-3-6-17/h1-16,26-27H. The zero-order valence-electron chi connectivity index (χ0n) is 14.7. The van der Waals surface area contributed by atoms with E-state index in [4.69, 9.17) is 0 Å². The van der Waals surface area contributed by atoms with Gasteiger partial charge in [-0.3, -0.25) is 4.98 Å². The maximum absolute atomic E-state index is 9.38. The molecular formula is C23H18BNO2. The molecule has 2 N–H and O–H groups in total. The van der Waals surface area contributed by atoms with Crippen LogP contribution in [0, 0.1) is 0 Å². The fraction of sp³-hybridized carbons (Fsp3) is 0. The molecule has 1 heterocycles. The van der Waals surface area contributed by atoms with Gasteiger partial charge < -0.3 is 10.0 Å². The van der Waals surface area contributed by atoms with Gasteiger partial charge in [-0.15, -0.1) is 0 Å². The Kier molecular flexibility index (Phi) is 4.83. The first-order valence-corrected chi connectivity index (χ1v) is 8.79. The van der Waals surface area contributed by atoms with Crippen LogP contribution in [0.1, 0.15) is 0 Å². The van der Waals surface area contributed by atoms with Gasteiger partial charge in [-0.05, 0) is 45.4 Å². The summed E-state index contributed by atoms with van der Waals surface area (Å²) in [5.41, 5.74) is 6.64. The van der Waals surface area contributed by atoms with Gasteiger partial charge >= 0.3 is 7.12 Å². The quantitative estimate of drug-likeness (QED) is 0.551. The molecule has 0 aliphatic rings. The summed E-state index contributed by atoms with van der Waals surface area (Å²) in [6.07, 6.45) is 1.78. The van der Waals surface area contributed by atoms with Crippen LogP contribution in [-0.2, 0) is 0 Å². The summed E-state index contributed by atoms with van der Waals surface area (Å²) in [4.78, 5) is 4.44. The Hall–Kier alpha value is -3.21. The molecule has 0 saturated carbocycles. The number of rotatable bonds is 4. The second kappa shape index (κ2) is 7.58. The molecular weight excluding hydrogens is 333 g/mol. The molecule has 0 spiro atoms. The van der Waals surface area contributed by atoms with Crippen molar-refractivity contribution in [2.75, 3.05) is 0 Å². The second-order valence-corrected chi connectivity index (χ2v) is 6.37. The summed E-state index contributed by atoms with van der Waals surface area (Å²) in [6.45, 7) is 0. The van der Waals surface area contributed by atoms with Crippen molar-refractivity contribution < 1.29 is 10.0 Å². The summed E-state index contributed by atoms with van der Waals surface area (Å²) in [7, 11) is -1.49. The topological polar surface area (TPSA) is 53.4 Å². The van der Waals surface area contributed by atoms with E-state index < -0.39 is 7.12 Å². The Balaban J connectivity index is 1.66. The van der Waals surface area contributed by atoms with Crippen molar-refractivity contribution in [2.45, 2.75) is 0 Å². The summed E-state index contributed by atoms with van der Waals surface area (Å²) in [5, 5.41) is 18.8. The highest BCUT2D eigenvalue weighted by molar-refractivity contribution is 6.58. The number of benzene rings is 3. The highest BCUT2D eigenvalue weighted by Gasteiger charge is 2.12. The van der Waals surface area contributed by atoms with Gasteiger partial charge in [0.2, 0.25) is 0 Å². The van der Waals surface area contributed by atoms with E-state index >= 15 is 0 Å². The molecule has 0 aliphatic heterocycles. The van der Waals surface area contributed by atoms with Crippen molar-refractivity contribution in [3.05, 3.63) is 97.2 Å². The van der Waals surface area contributed by atoms with Crippen LogP contribution in [0.4, 0.5) is 0 Å². The number of hydrogen-bond donors (Lipinski definition) is 2. The SMILES string of the molecule is OB(O)c1cccc(-c2cc(-c3ccc(-c4ccccc4)cc3)ccn2)c1. The van der Waals surface area contributed by atoms with Crippen LogP contribution in [0.2, 0.25) is 0 Å². The van der Waals surface area contributed by atoms with Gasteiger partial charge in [0.15, 0.2) is 0 Å². The molecule has 4 heteroatoms. The maximum Gasteiger partial charge on any atom is 0.488 e. The van der Waals surface area contributed by atoms with Gasteiger partial charge in [0.25, 0.3) is 0 Å². The number of hydrogen-bond acceptors (Lipinski definition) is 3. The Morgan fingerprint density at radius 2 is 1.19 bits per heavy atom. The van der Waals surface area contributed by atoms with Crippen LogP contribution in [0.3, 0.4) is 0 Å². The highest BCUT2D eigenvalue weighted by Crippen LogP contribution is 2.27. The highest BCUT2D eigenvalue weighted by atomic mass is 16.4. The summed E-state index contributed by atoms with van der Waals surface area (Å²) >= 11 is 0. The monoisotopic (exact) mass is 351 g/mol. The minimum absolute atomic E-state index is 0.451. The normalized spacial score (nSPS) is 10.6.